The van der Waals surface area contributed by atoms with Crippen molar-refractivity contribution in [3.8, 4) is 0 Å². The van der Waals surface area contributed by atoms with Gasteiger partial charge < -0.3 is 19.9 Å². The Hall–Kier alpha value is -2.75. The van der Waals surface area contributed by atoms with Crippen LogP contribution >= 0.6 is 0 Å². The van der Waals surface area contributed by atoms with Crippen molar-refractivity contribution in [1.29, 1.82) is 0 Å². The third-order valence-corrected chi connectivity index (χ3v) is 4.15. The van der Waals surface area contributed by atoms with Crippen molar-refractivity contribution in [2.24, 2.45) is 5.73 Å². The molecule has 3 rings (SSSR count). The van der Waals surface area contributed by atoms with E-state index in [1.807, 2.05) is 30.3 Å². The first-order chi connectivity index (χ1) is 12.9. The summed E-state index contributed by atoms with van der Waals surface area (Å²) in [5.74, 6) is -0.563. The predicted octanol–water partition coefficient (Wildman–Crippen LogP) is -0.170. The maximum absolute atomic E-state index is 12.0. The molecule has 1 aliphatic heterocycles. The van der Waals surface area contributed by atoms with Crippen molar-refractivity contribution >= 4 is 5.97 Å². The number of aryl methyl sites for hydroxylation is 1. The number of rotatable bonds is 6. The van der Waals surface area contributed by atoms with Gasteiger partial charge in [0.25, 0.3) is 5.56 Å². The zero-order valence-electron chi connectivity index (χ0n) is 14.8. The average molecular weight is 375 g/mol. The van der Waals surface area contributed by atoms with Gasteiger partial charge in [0.05, 0.1) is 6.61 Å². The molecule has 0 saturated carbocycles. The van der Waals surface area contributed by atoms with E-state index in [1.54, 1.807) is 6.92 Å². The molecule has 1 saturated heterocycles. The predicted molar refractivity (Wildman–Crippen MR) is 95.0 cm³/mol. The van der Waals surface area contributed by atoms with Gasteiger partial charge in [0.15, 0.2) is 12.5 Å². The molecular weight excluding hydrogens is 354 g/mol. The van der Waals surface area contributed by atoms with Crippen molar-refractivity contribution in [2.75, 3.05) is 13.2 Å². The molecule has 0 unspecified atom stereocenters. The molecule has 27 heavy (non-hydrogen) atoms. The van der Waals surface area contributed by atoms with Crippen LogP contribution in [0.15, 0.2) is 46.1 Å². The van der Waals surface area contributed by atoms with E-state index in [1.165, 1.54) is 10.8 Å². The molecule has 0 amide bonds. The SMILES string of the molecule is Cc1cn([C@H]2CO[C@@H](COC(=O)[C@H](N)Cc3ccccc3)O2)c(=O)[nH]c1=O. The fraction of sp³-hybridized carbons (Fsp3) is 0.389. The Morgan fingerprint density at radius 2 is 2.11 bits per heavy atom. The van der Waals surface area contributed by atoms with Gasteiger partial charge in [-0.25, -0.2) is 4.79 Å². The van der Waals surface area contributed by atoms with Gasteiger partial charge in [0.1, 0.15) is 12.6 Å². The monoisotopic (exact) mass is 375 g/mol. The van der Waals surface area contributed by atoms with Gasteiger partial charge in [-0.1, -0.05) is 30.3 Å². The van der Waals surface area contributed by atoms with E-state index < -0.39 is 35.8 Å². The molecule has 3 N–H and O–H groups in total. The van der Waals surface area contributed by atoms with E-state index in [0.717, 1.165) is 5.56 Å². The molecule has 1 aromatic heterocycles. The normalized spacial score (nSPS) is 20.4. The fourth-order valence-electron chi connectivity index (χ4n) is 2.69. The minimum atomic E-state index is -0.818. The molecule has 9 nitrogen and oxygen atoms in total. The molecule has 3 atom stereocenters. The summed E-state index contributed by atoms with van der Waals surface area (Å²) in [5.41, 5.74) is 6.13. The number of hydrogen-bond donors (Lipinski definition) is 2. The van der Waals surface area contributed by atoms with Crippen molar-refractivity contribution in [3.05, 3.63) is 68.5 Å². The zero-order chi connectivity index (χ0) is 19.4. The Morgan fingerprint density at radius 3 is 2.85 bits per heavy atom. The third-order valence-electron chi connectivity index (χ3n) is 4.15. The number of aromatic nitrogens is 2. The van der Waals surface area contributed by atoms with Gasteiger partial charge in [-0.05, 0) is 18.9 Å². The molecule has 2 heterocycles. The summed E-state index contributed by atoms with van der Waals surface area (Å²) in [7, 11) is 0. The van der Waals surface area contributed by atoms with Crippen molar-refractivity contribution in [1.82, 2.24) is 9.55 Å². The number of nitrogens with one attached hydrogen (secondary N) is 1. The molecule has 9 heteroatoms. The lowest BCUT2D eigenvalue weighted by molar-refractivity contribution is -0.160. The molecular formula is C18H21N3O6. The Bertz CT molecular complexity index is 907. The fourth-order valence-corrected chi connectivity index (χ4v) is 2.69. The topological polar surface area (TPSA) is 126 Å². The lowest BCUT2D eigenvalue weighted by Crippen LogP contribution is -2.36. The number of benzene rings is 1. The Kier molecular flexibility index (Phi) is 5.84. The molecule has 1 fully saturated rings. The molecule has 0 spiro atoms. The summed E-state index contributed by atoms with van der Waals surface area (Å²) in [6.45, 7) is 1.52. The Morgan fingerprint density at radius 1 is 1.37 bits per heavy atom. The maximum atomic E-state index is 12.0. The van der Waals surface area contributed by atoms with Crippen LogP contribution in [-0.4, -0.2) is 41.1 Å². The lowest BCUT2D eigenvalue weighted by atomic mass is 10.1. The lowest BCUT2D eigenvalue weighted by Gasteiger charge is -2.15. The van der Waals surface area contributed by atoms with Gasteiger partial charge in [0.2, 0.25) is 0 Å². The van der Waals surface area contributed by atoms with E-state index in [2.05, 4.69) is 4.98 Å². The zero-order valence-corrected chi connectivity index (χ0v) is 14.8. The number of nitrogens with zero attached hydrogens (tertiary/aromatic N) is 1. The van der Waals surface area contributed by atoms with E-state index in [9.17, 15) is 14.4 Å². The van der Waals surface area contributed by atoms with Gasteiger partial charge in [-0.15, -0.1) is 0 Å². The van der Waals surface area contributed by atoms with Gasteiger partial charge in [0, 0.05) is 11.8 Å². The smallest absolute Gasteiger partial charge is 0.330 e. The van der Waals surface area contributed by atoms with E-state index in [4.69, 9.17) is 19.9 Å². The minimum absolute atomic E-state index is 0.0870. The van der Waals surface area contributed by atoms with E-state index >= 15 is 0 Å². The standard InChI is InChI=1S/C18H21N3O6/c1-11-8-21(18(24)20-16(11)22)14-9-25-15(27-14)10-26-17(23)13(19)7-12-5-3-2-4-6-12/h2-6,8,13-15H,7,9-10,19H2,1H3,(H,20,22,24)/t13-,14-,15-/m1/s1. The highest BCUT2D eigenvalue weighted by Gasteiger charge is 2.30. The molecule has 0 radical (unpaired) electrons. The molecule has 2 aromatic rings. The number of esters is 1. The van der Waals surface area contributed by atoms with E-state index in [-0.39, 0.29) is 13.2 Å². The summed E-state index contributed by atoms with van der Waals surface area (Å²) in [5, 5.41) is 0. The Labute approximate surface area is 154 Å². The van der Waals surface area contributed by atoms with Crippen molar-refractivity contribution < 1.29 is 19.0 Å². The highest BCUT2D eigenvalue weighted by atomic mass is 16.7. The molecule has 144 valence electrons. The summed E-state index contributed by atoms with van der Waals surface area (Å²) >= 11 is 0. The number of H-pyrrole nitrogens is 1. The van der Waals surface area contributed by atoms with Crippen LogP contribution < -0.4 is 17.0 Å². The van der Waals surface area contributed by atoms with Crippen LogP contribution in [0.25, 0.3) is 0 Å². The van der Waals surface area contributed by atoms with Crippen LogP contribution in [0.4, 0.5) is 0 Å². The van der Waals surface area contributed by atoms with Crippen molar-refractivity contribution in [2.45, 2.75) is 31.9 Å². The molecule has 1 aliphatic rings. The number of carbonyl (C=O) groups excluding carboxylic acids is 1. The average Bonchev–Trinajstić information content (AvgIpc) is 3.12. The second-order valence-corrected chi connectivity index (χ2v) is 6.26. The first-order valence-electron chi connectivity index (χ1n) is 8.49. The largest absolute Gasteiger partial charge is 0.459 e. The summed E-state index contributed by atoms with van der Waals surface area (Å²) in [4.78, 5) is 37.6. The third kappa shape index (κ3) is 4.70. The number of ether oxygens (including phenoxy) is 3. The number of hydrogen-bond acceptors (Lipinski definition) is 7. The number of nitrogens with two attached hydrogens (primary N) is 1. The highest BCUT2D eigenvalue weighted by Crippen LogP contribution is 2.19. The highest BCUT2D eigenvalue weighted by molar-refractivity contribution is 5.75. The van der Waals surface area contributed by atoms with Crippen LogP contribution in [0, 0.1) is 6.92 Å². The quantitative estimate of drug-likeness (QED) is 0.671. The summed E-state index contributed by atoms with van der Waals surface area (Å²) < 4.78 is 17.4. The second kappa shape index (κ2) is 8.30. The Balaban J connectivity index is 1.51. The molecule has 1 aromatic carbocycles. The first-order valence-corrected chi connectivity index (χ1v) is 8.49. The number of aromatic amines is 1. The van der Waals surface area contributed by atoms with Gasteiger partial charge in [-0.3, -0.25) is 19.1 Å². The summed E-state index contributed by atoms with van der Waals surface area (Å²) in [6.07, 6.45) is 0.233. The second-order valence-electron chi connectivity index (χ2n) is 6.26. The van der Waals surface area contributed by atoms with Gasteiger partial charge >= 0.3 is 11.7 Å². The molecule has 0 bridgehead atoms. The van der Waals surface area contributed by atoms with Crippen LogP contribution in [0.5, 0.6) is 0 Å². The first kappa shape index (κ1) is 19.0. The van der Waals surface area contributed by atoms with Gasteiger partial charge in [-0.2, -0.15) is 0 Å². The minimum Gasteiger partial charge on any atom is -0.459 e. The van der Waals surface area contributed by atoms with E-state index in [0.29, 0.717) is 12.0 Å². The van der Waals surface area contributed by atoms with Crippen LogP contribution in [0.2, 0.25) is 0 Å². The van der Waals surface area contributed by atoms with Crippen LogP contribution in [-0.2, 0) is 25.4 Å². The summed E-state index contributed by atoms with van der Waals surface area (Å²) in [6, 6.07) is 8.58. The van der Waals surface area contributed by atoms with Crippen LogP contribution in [0.1, 0.15) is 17.4 Å². The molecule has 0 aliphatic carbocycles. The number of carbonyl (C=O) groups is 1. The maximum Gasteiger partial charge on any atom is 0.330 e. The van der Waals surface area contributed by atoms with Crippen LogP contribution in [0.3, 0.4) is 0 Å². The van der Waals surface area contributed by atoms with Crippen molar-refractivity contribution in [3.63, 3.8) is 0 Å².